The first-order chi connectivity index (χ1) is 9.54. The fourth-order valence-electron chi connectivity index (χ4n) is 2.08. The van der Waals surface area contributed by atoms with Crippen LogP contribution in [0.1, 0.15) is 17.5 Å². The highest BCUT2D eigenvalue weighted by Gasteiger charge is 2.26. The van der Waals surface area contributed by atoms with Crippen LogP contribution in [0, 0.1) is 6.92 Å². The molecule has 1 aliphatic rings. The number of benzene rings is 1. The van der Waals surface area contributed by atoms with E-state index in [1.807, 2.05) is 32.3 Å². The van der Waals surface area contributed by atoms with Gasteiger partial charge in [-0.2, -0.15) is 10.2 Å². The van der Waals surface area contributed by atoms with Gasteiger partial charge in [-0.25, -0.2) is 5.01 Å². The first-order valence-electron chi connectivity index (χ1n) is 6.20. The van der Waals surface area contributed by atoms with Crippen molar-refractivity contribution in [2.45, 2.75) is 13.3 Å². The summed E-state index contributed by atoms with van der Waals surface area (Å²) in [5.41, 5.74) is 3.24. The minimum Gasteiger partial charge on any atom is -0.275 e. The van der Waals surface area contributed by atoms with E-state index in [0.717, 1.165) is 16.8 Å². The molecular weight excluding hydrogens is 276 g/mol. The number of carbonyl (C=O) groups excluding carboxylic acids is 1. The zero-order chi connectivity index (χ0) is 14.3. The number of hydrogen-bond acceptors (Lipinski definition) is 3. The maximum Gasteiger partial charge on any atom is 0.253 e. The Bertz CT molecular complexity index is 720. The summed E-state index contributed by atoms with van der Waals surface area (Å²) in [4.78, 5) is 12.1. The highest BCUT2D eigenvalue weighted by atomic mass is 35.5. The lowest BCUT2D eigenvalue weighted by atomic mass is 10.1. The molecule has 1 aromatic carbocycles. The van der Waals surface area contributed by atoms with E-state index in [1.54, 1.807) is 16.9 Å². The molecule has 0 bridgehead atoms. The molecule has 102 valence electrons. The highest BCUT2D eigenvalue weighted by molar-refractivity contribution is 6.31. The normalized spacial score (nSPS) is 14.8. The molecule has 3 rings (SSSR count). The molecule has 0 unspecified atom stereocenters. The van der Waals surface area contributed by atoms with Crippen molar-refractivity contribution in [1.29, 1.82) is 0 Å². The van der Waals surface area contributed by atoms with E-state index < -0.39 is 0 Å². The predicted molar refractivity (Wildman–Crippen MR) is 78.0 cm³/mol. The maximum absolute atomic E-state index is 12.1. The zero-order valence-electron chi connectivity index (χ0n) is 11.2. The van der Waals surface area contributed by atoms with Crippen LogP contribution in [-0.2, 0) is 11.8 Å². The molecule has 6 heteroatoms. The third-order valence-corrected chi connectivity index (χ3v) is 3.62. The summed E-state index contributed by atoms with van der Waals surface area (Å²) < 4.78 is 1.69. The molecule has 0 saturated carbocycles. The summed E-state index contributed by atoms with van der Waals surface area (Å²) in [7, 11) is 1.83. The van der Waals surface area contributed by atoms with Crippen LogP contribution >= 0.6 is 11.6 Å². The Morgan fingerprint density at radius 3 is 2.80 bits per heavy atom. The molecule has 0 N–H and O–H groups in total. The van der Waals surface area contributed by atoms with Gasteiger partial charge in [0, 0.05) is 23.8 Å². The fourth-order valence-corrected chi connectivity index (χ4v) is 2.25. The van der Waals surface area contributed by atoms with Gasteiger partial charge in [-0.3, -0.25) is 9.48 Å². The van der Waals surface area contributed by atoms with E-state index in [0.29, 0.717) is 10.7 Å². The van der Waals surface area contributed by atoms with Gasteiger partial charge in [0.25, 0.3) is 5.91 Å². The van der Waals surface area contributed by atoms with E-state index in [-0.39, 0.29) is 12.3 Å². The number of hydrogen-bond donors (Lipinski definition) is 0. The molecule has 0 saturated heterocycles. The molecule has 2 aromatic rings. The number of nitrogens with zero attached hydrogens (tertiary/aromatic N) is 4. The molecule has 0 spiro atoms. The number of anilines is 1. The van der Waals surface area contributed by atoms with E-state index in [9.17, 15) is 4.79 Å². The molecule has 1 amide bonds. The van der Waals surface area contributed by atoms with Crippen LogP contribution < -0.4 is 5.01 Å². The topological polar surface area (TPSA) is 50.5 Å². The predicted octanol–water partition coefficient (Wildman–Crippen LogP) is 2.52. The van der Waals surface area contributed by atoms with Crippen LogP contribution in [0.4, 0.5) is 5.69 Å². The van der Waals surface area contributed by atoms with Gasteiger partial charge < -0.3 is 0 Å². The molecule has 2 heterocycles. The second kappa shape index (κ2) is 4.76. The number of aryl methyl sites for hydroxylation is 2. The monoisotopic (exact) mass is 288 g/mol. The van der Waals surface area contributed by atoms with Gasteiger partial charge in [0.15, 0.2) is 0 Å². The lowest BCUT2D eigenvalue weighted by molar-refractivity contribution is -0.116. The zero-order valence-corrected chi connectivity index (χ0v) is 11.9. The van der Waals surface area contributed by atoms with Crippen molar-refractivity contribution in [2.24, 2.45) is 12.1 Å². The average Bonchev–Trinajstić information content (AvgIpc) is 2.99. The van der Waals surface area contributed by atoms with Crippen molar-refractivity contribution in [3.63, 3.8) is 0 Å². The van der Waals surface area contributed by atoms with Gasteiger partial charge in [0.05, 0.1) is 24.0 Å². The molecule has 0 aliphatic carbocycles. The molecule has 1 aliphatic heterocycles. The van der Waals surface area contributed by atoms with Gasteiger partial charge >= 0.3 is 0 Å². The van der Waals surface area contributed by atoms with Crippen molar-refractivity contribution in [3.05, 3.63) is 46.7 Å². The Balaban J connectivity index is 1.95. The third-order valence-electron chi connectivity index (χ3n) is 3.21. The third kappa shape index (κ3) is 2.20. The minimum absolute atomic E-state index is 0.0660. The fraction of sp³-hybridized carbons (Fsp3) is 0.214. The van der Waals surface area contributed by atoms with Crippen LogP contribution in [0.25, 0.3) is 0 Å². The van der Waals surface area contributed by atoms with E-state index in [2.05, 4.69) is 10.2 Å². The number of aromatic nitrogens is 2. The minimum atomic E-state index is -0.0660. The number of hydrazone groups is 1. The first-order valence-corrected chi connectivity index (χ1v) is 6.58. The number of carbonyl (C=O) groups is 1. The summed E-state index contributed by atoms with van der Waals surface area (Å²) in [5, 5.41) is 10.5. The van der Waals surface area contributed by atoms with Gasteiger partial charge in [-0.15, -0.1) is 0 Å². The standard InChI is InChI=1S/C14H13ClN4O/c1-9-3-4-11(5-12(9)15)19-14(20)6-13(17-19)10-7-16-18(2)8-10/h3-5,7-8H,6H2,1-2H3. The van der Waals surface area contributed by atoms with Crippen molar-refractivity contribution >= 4 is 28.9 Å². The second-order valence-electron chi connectivity index (χ2n) is 4.77. The molecule has 0 fully saturated rings. The van der Waals surface area contributed by atoms with Crippen LogP contribution in [0.2, 0.25) is 5.02 Å². The van der Waals surface area contributed by atoms with Crippen molar-refractivity contribution in [1.82, 2.24) is 9.78 Å². The quantitative estimate of drug-likeness (QED) is 0.852. The maximum atomic E-state index is 12.1. The Hall–Kier alpha value is -2.14. The van der Waals surface area contributed by atoms with Crippen molar-refractivity contribution < 1.29 is 4.79 Å². The Morgan fingerprint density at radius 2 is 2.15 bits per heavy atom. The number of rotatable bonds is 2. The smallest absolute Gasteiger partial charge is 0.253 e. The largest absolute Gasteiger partial charge is 0.275 e. The number of halogens is 1. The van der Waals surface area contributed by atoms with Crippen LogP contribution in [-0.4, -0.2) is 21.4 Å². The summed E-state index contributed by atoms with van der Waals surface area (Å²) in [5.74, 6) is -0.0660. The van der Waals surface area contributed by atoms with Crippen molar-refractivity contribution in [3.8, 4) is 0 Å². The summed E-state index contributed by atoms with van der Waals surface area (Å²) in [6, 6.07) is 5.47. The summed E-state index contributed by atoms with van der Waals surface area (Å²) >= 11 is 6.10. The number of amides is 1. The molecule has 1 aromatic heterocycles. The SMILES string of the molecule is Cc1ccc(N2N=C(c3cnn(C)c3)CC2=O)cc1Cl. The summed E-state index contributed by atoms with van der Waals surface area (Å²) in [6.07, 6.45) is 3.83. The molecule has 5 nitrogen and oxygen atoms in total. The van der Waals surface area contributed by atoms with Crippen LogP contribution in [0.15, 0.2) is 35.7 Å². The Labute approximate surface area is 121 Å². The van der Waals surface area contributed by atoms with E-state index in [1.165, 1.54) is 5.01 Å². The van der Waals surface area contributed by atoms with Gasteiger partial charge in [-0.1, -0.05) is 17.7 Å². The van der Waals surface area contributed by atoms with Crippen LogP contribution in [0.3, 0.4) is 0 Å². The van der Waals surface area contributed by atoms with Crippen LogP contribution in [0.5, 0.6) is 0 Å². The molecule has 0 atom stereocenters. The van der Waals surface area contributed by atoms with Crippen molar-refractivity contribution in [2.75, 3.05) is 5.01 Å². The van der Waals surface area contributed by atoms with Gasteiger partial charge in [-0.05, 0) is 24.6 Å². The lowest BCUT2D eigenvalue weighted by Gasteiger charge is -2.12. The molecular formula is C14H13ClN4O. The Kier molecular flexibility index (Phi) is 3.06. The molecule has 20 heavy (non-hydrogen) atoms. The molecule has 0 radical (unpaired) electrons. The summed E-state index contributed by atoms with van der Waals surface area (Å²) in [6.45, 7) is 1.92. The second-order valence-corrected chi connectivity index (χ2v) is 5.17. The van der Waals surface area contributed by atoms with E-state index in [4.69, 9.17) is 11.6 Å². The van der Waals surface area contributed by atoms with E-state index >= 15 is 0 Å². The van der Waals surface area contributed by atoms with Gasteiger partial charge in [0.1, 0.15) is 0 Å². The highest BCUT2D eigenvalue weighted by Crippen LogP contribution is 2.27. The Morgan fingerprint density at radius 1 is 1.35 bits per heavy atom. The first kappa shape index (κ1) is 12.9. The lowest BCUT2D eigenvalue weighted by Crippen LogP contribution is -2.19. The average molecular weight is 289 g/mol. The van der Waals surface area contributed by atoms with Gasteiger partial charge in [0.2, 0.25) is 0 Å².